The first-order valence-electron chi connectivity index (χ1n) is 16.1. The largest absolute Gasteiger partial charge is 0.464 e. The van der Waals surface area contributed by atoms with Crippen LogP contribution in [0.25, 0.3) is 0 Å². The lowest BCUT2D eigenvalue weighted by Gasteiger charge is -2.06. The van der Waals surface area contributed by atoms with Gasteiger partial charge in [0.25, 0.3) is 0 Å². The van der Waals surface area contributed by atoms with E-state index in [2.05, 4.69) is 13.8 Å². The highest BCUT2D eigenvalue weighted by Gasteiger charge is 2.09. The van der Waals surface area contributed by atoms with Gasteiger partial charge in [-0.25, -0.2) is 9.59 Å². The van der Waals surface area contributed by atoms with Crippen LogP contribution in [0.1, 0.15) is 169 Å². The third-order valence-corrected chi connectivity index (χ3v) is 6.67. The zero-order valence-corrected chi connectivity index (χ0v) is 25.7. The summed E-state index contributed by atoms with van der Waals surface area (Å²) in [7, 11) is 0. The molecule has 38 heavy (non-hydrogen) atoms. The number of aliphatic hydroxyl groups is 2. The molecule has 228 valence electrons. The van der Waals surface area contributed by atoms with Gasteiger partial charge in [-0.05, 0) is 26.7 Å². The number of ether oxygens (including phenoxy) is 2. The third-order valence-electron chi connectivity index (χ3n) is 6.67. The van der Waals surface area contributed by atoms with Crippen molar-refractivity contribution in [1.82, 2.24) is 0 Å². The lowest BCUT2D eigenvalue weighted by atomic mass is 10.1. The second-order valence-corrected chi connectivity index (χ2v) is 10.8. The Hall–Kier alpha value is -1.14. The molecule has 2 unspecified atom stereocenters. The maximum absolute atomic E-state index is 11.0. The lowest BCUT2D eigenvalue weighted by Crippen LogP contribution is -2.19. The Morgan fingerprint density at radius 2 is 0.658 bits per heavy atom. The number of rotatable bonds is 26. The molecule has 0 spiro atoms. The van der Waals surface area contributed by atoms with Crippen LogP contribution in [0.4, 0.5) is 0 Å². The second-order valence-electron chi connectivity index (χ2n) is 10.8. The summed E-state index contributed by atoms with van der Waals surface area (Å²) in [4.78, 5) is 21.9. The van der Waals surface area contributed by atoms with Gasteiger partial charge >= 0.3 is 11.9 Å². The summed E-state index contributed by atoms with van der Waals surface area (Å²) in [6.45, 7) is 8.25. The maximum atomic E-state index is 11.0. The molecule has 0 radical (unpaired) electrons. The quantitative estimate of drug-likeness (QED) is 0.0838. The molecule has 0 fully saturated rings. The van der Waals surface area contributed by atoms with E-state index in [1.165, 1.54) is 129 Å². The van der Waals surface area contributed by atoms with Crippen LogP contribution in [-0.2, 0) is 19.1 Å². The summed E-state index contributed by atoms with van der Waals surface area (Å²) < 4.78 is 9.79. The van der Waals surface area contributed by atoms with E-state index in [-0.39, 0.29) is 0 Å². The van der Waals surface area contributed by atoms with E-state index < -0.39 is 24.1 Å². The summed E-state index contributed by atoms with van der Waals surface area (Å²) in [5, 5.41) is 17.8. The summed E-state index contributed by atoms with van der Waals surface area (Å²) in [6, 6.07) is 0. The highest BCUT2D eigenvalue weighted by molar-refractivity contribution is 5.74. The first kappa shape index (κ1) is 39.0. The predicted molar refractivity (Wildman–Crippen MR) is 158 cm³/mol. The molecule has 0 amide bonds. The van der Waals surface area contributed by atoms with E-state index in [9.17, 15) is 9.59 Å². The standard InChI is InChI=1S/C17H34O3.C15H30O3/c1-3-4-5-6-7-8-9-10-11-12-13-14-15-20-17(19)16(2)18;1-3-4-5-6-7-8-9-10-11-12-13-18-15(17)14(2)16/h16,18H,3-15H2,1-2H3;14,16H,3-13H2,1-2H3. The Morgan fingerprint density at radius 3 is 0.868 bits per heavy atom. The minimum atomic E-state index is -0.993. The van der Waals surface area contributed by atoms with Crippen LogP contribution in [-0.4, -0.2) is 47.6 Å². The molecule has 0 aliphatic rings. The van der Waals surface area contributed by atoms with Crippen molar-refractivity contribution < 1.29 is 29.3 Å². The number of unbranched alkanes of at least 4 members (excludes halogenated alkanes) is 20. The molecule has 6 nitrogen and oxygen atoms in total. The highest BCUT2D eigenvalue weighted by Crippen LogP contribution is 2.12. The third kappa shape index (κ3) is 32.9. The van der Waals surface area contributed by atoms with Crippen LogP contribution < -0.4 is 0 Å². The normalized spacial score (nSPS) is 12.4. The van der Waals surface area contributed by atoms with Gasteiger partial charge in [0.05, 0.1) is 13.2 Å². The monoisotopic (exact) mass is 544 g/mol. The van der Waals surface area contributed by atoms with Crippen LogP contribution in [0.5, 0.6) is 0 Å². The van der Waals surface area contributed by atoms with E-state index >= 15 is 0 Å². The number of hydrogen-bond donors (Lipinski definition) is 2. The molecule has 0 aromatic rings. The zero-order chi connectivity index (χ0) is 28.7. The van der Waals surface area contributed by atoms with Gasteiger partial charge in [-0.3, -0.25) is 0 Å². The summed E-state index contributed by atoms with van der Waals surface area (Å²) in [5.74, 6) is -1.01. The Bertz CT molecular complexity index is 492. The van der Waals surface area contributed by atoms with Gasteiger partial charge in [0, 0.05) is 0 Å². The van der Waals surface area contributed by atoms with Crippen LogP contribution in [0.15, 0.2) is 0 Å². The van der Waals surface area contributed by atoms with E-state index in [0.717, 1.165) is 25.7 Å². The van der Waals surface area contributed by atoms with Crippen LogP contribution >= 0.6 is 0 Å². The fraction of sp³-hybridized carbons (Fsp3) is 0.938. The molecule has 2 N–H and O–H groups in total. The molecule has 0 aliphatic carbocycles. The highest BCUT2D eigenvalue weighted by atomic mass is 16.5. The van der Waals surface area contributed by atoms with Gasteiger partial charge < -0.3 is 19.7 Å². The Balaban J connectivity index is 0. The van der Waals surface area contributed by atoms with Gasteiger partial charge in [0.1, 0.15) is 12.2 Å². The molecule has 0 aromatic heterocycles. The van der Waals surface area contributed by atoms with Crippen molar-refractivity contribution in [3.63, 3.8) is 0 Å². The van der Waals surface area contributed by atoms with Gasteiger partial charge in [-0.2, -0.15) is 0 Å². The first-order chi connectivity index (χ1) is 18.4. The number of esters is 2. The smallest absolute Gasteiger partial charge is 0.334 e. The van der Waals surface area contributed by atoms with Gasteiger partial charge in [-0.15, -0.1) is 0 Å². The van der Waals surface area contributed by atoms with Crippen molar-refractivity contribution in [3.8, 4) is 0 Å². The molecule has 0 aliphatic heterocycles. The van der Waals surface area contributed by atoms with Crippen molar-refractivity contribution in [2.24, 2.45) is 0 Å². The maximum Gasteiger partial charge on any atom is 0.334 e. The molecule has 0 heterocycles. The predicted octanol–water partition coefficient (Wildman–Crippen LogP) is 8.44. The molecule has 0 saturated carbocycles. The molecule has 0 rings (SSSR count). The van der Waals surface area contributed by atoms with E-state index in [1.54, 1.807) is 0 Å². The average Bonchev–Trinajstić information content (AvgIpc) is 2.89. The van der Waals surface area contributed by atoms with Crippen molar-refractivity contribution >= 4 is 11.9 Å². The molecule has 6 heteroatoms. The van der Waals surface area contributed by atoms with Crippen molar-refractivity contribution in [2.45, 2.75) is 181 Å². The fourth-order valence-electron chi connectivity index (χ4n) is 4.12. The van der Waals surface area contributed by atoms with Gasteiger partial charge in [-0.1, -0.05) is 142 Å². The number of carbonyl (C=O) groups is 2. The molecule has 0 aromatic carbocycles. The average molecular weight is 545 g/mol. The van der Waals surface area contributed by atoms with Crippen LogP contribution in [0, 0.1) is 0 Å². The van der Waals surface area contributed by atoms with E-state index in [1.807, 2.05) is 0 Å². The first-order valence-corrected chi connectivity index (χ1v) is 16.1. The van der Waals surface area contributed by atoms with E-state index in [0.29, 0.717) is 13.2 Å². The zero-order valence-electron chi connectivity index (χ0n) is 25.7. The number of carbonyl (C=O) groups excluding carboxylic acids is 2. The Labute approximate surface area is 235 Å². The molecule has 0 bridgehead atoms. The van der Waals surface area contributed by atoms with E-state index in [4.69, 9.17) is 19.7 Å². The molecular formula is C32H64O6. The van der Waals surface area contributed by atoms with Crippen LogP contribution in [0.3, 0.4) is 0 Å². The summed E-state index contributed by atoms with van der Waals surface area (Å²) >= 11 is 0. The minimum Gasteiger partial charge on any atom is -0.464 e. The second kappa shape index (κ2) is 32.1. The molecular weight excluding hydrogens is 480 g/mol. The van der Waals surface area contributed by atoms with Gasteiger partial charge in [0.2, 0.25) is 0 Å². The fourth-order valence-corrected chi connectivity index (χ4v) is 4.12. The van der Waals surface area contributed by atoms with Crippen molar-refractivity contribution in [2.75, 3.05) is 13.2 Å². The lowest BCUT2D eigenvalue weighted by molar-refractivity contribution is -0.153. The molecule has 2 atom stereocenters. The summed E-state index contributed by atoms with van der Waals surface area (Å²) in [6.07, 6.45) is 26.2. The Kier molecular flexibility index (Phi) is 32.9. The molecule has 0 saturated heterocycles. The summed E-state index contributed by atoms with van der Waals surface area (Å²) in [5.41, 5.74) is 0. The SMILES string of the molecule is CCCCCCCCCCCCCCOC(=O)C(C)O.CCCCCCCCCCCCOC(=O)C(C)O. The Morgan fingerprint density at radius 1 is 0.447 bits per heavy atom. The number of aliphatic hydroxyl groups excluding tert-OH is 2. The van der Waals surface area contributed by atoms with Gasteiger partial charge in [0.15, 0.2) is 0 Å². The number of hydrogen-bond acceptors (Lipinski definition) is 6. The topological polar surface area (TPSA) is 93.1 Å². The minimum absolute atomic E-state index is 0.445. The van der Waals surface area contributed by atoms with Crippen LogP contribution in [0.2, 0.25) is 0 Å². The van der Waals surface area contributed by atoms with Crippen molar-refractivity contribution in [3.05, 3.63) is 0 Å². The van der Waals surface area contributed by atoms with Crippen molar-refractivity contribution in [1.29, 1.82) is 0 Å².